The Bertz CT molecular complexity index is 471. The molecule has 6 heteroatoms. The van der Waals surface area contributed by atoms with Crippen LogP contribution in [0.5, 0.6) is 0 Å². The average molecular weight is 304 g/mol. The van der Waals surface area contributed by atoms with Crippen molar-refractivity contribution >= 4 is 0 Å². The van der Waals surface area contributed by atoms with Crippen LogP contribution in [0.15, 0.2) is 24.3 Å². The van der Waals surface area contributed by atoms with Crippen LogP contribution in [0, 0.1) is 11.7 Å². The second-order valence-corrected chi connectivity index (χ2v) is 5.80. The number of rotatable bonds is 6. The summed E-state index contributed by atoms with van der Waals surface area (Å²) in [5.41, 5.74) is 6.38. The van der Waals surface area contributed by atoms with Gasteiger partial charge in [-0.2, -0.15) is 13.2 Å². The monoisotopic (exact) mass is 304 g/mol. The van der Waals surface area contributed by atoms with Gasteiger partial charge in [-0.15, -0.1) is 0 Å². The Morgan fingerprint density at radius 2 is 1.90 bits per heavy atom. The number of alkyl halides is 3. The molecule has 1 fully saturated rings. The molecule has 1 aromatic rings. The average Bonchev–Trinajstić information content (AvgIpc) is 3.20. The normalized spacial score (nSPS) is 18.8. The standard InChI is InChI=1S/C15H20F4N2/c1-10(14(20)12-4-2-3-5-13(12)16)8-21(11-6-7-11)9-15(17,18)19/h2-5,10-11,14H,6-9,20H2,1H3. The Hall–Kier alpha value is -1.14. The summed E-state index contributed by atoms with van der Waals surface area (Å²) < 4.78 is 51.5. The fourth-order valence-electron chi connectivity index (χ4n) is 2.55. The molecule has 2 atom stereocenters. The van der Waals surface area contributed by atoms with Crippen LogP contribution in [-0.4, -0.2) is 30.2 Å². The quantitative estimate of drug-likeness (QED) is 0.815. The number of halogens is 4. The van der Waals surface area contributed by atoms with E-state index in [9.17, 15) is 17.6 Å². The van der Waals surface area contributed by atoms with E-state index in [-0.39, 0.29) is 18.5 Å². The number of nitrogens with two attached hydrogens (primary N) is 1. The number of nitrogens with zero attached hydrogens (tertiary/aromatic N) is 1. The molecule has 0 heterocycles. The van der Waals surface area contributed by atoms with Crippen LogP contribution in [0.1, 0.15) is 31.4 Å². The molecule has 0 amide bonds. The summed E-state index contributed by atoms with van der Waals surface area (Å²) in [5, 5.41) is 0. The molecule has 2 nitrogen and oxygen atoms in total. The zero-order chi connectivity index (χ0) is 15.6. The molecular formula is C15H20F4N2. The Balaban J connectivity index is 2.01. The second-order valence-electron chi connectivity index (χ2n) is 5.80. The summed E-state index contributed by atoms with van der Waals surface area (Å²) in [4.78, 5) is 1.42. The first-order chi connectivity index (χ1) is 9.78. The highest BCUT2D eigenvalue weighted by molar-refractivity contribution is 5.21. The molecule has 118 valence electrons. The highest BCUT2D eigenvalue weighted by Crippen LogP contribution is 2.32. The van der Waals surface area contributed by atoms with Gasteiger partial charge in [0, 0.05) is 24.2 Å². The van der Waals surface area contributed by atoms with E-state index in [1.807, 2.05) is 0 Å². The first-order valence-corrected chi connectivity index (χ1v) is 7.08. The van der Waals surface area contributed by atoms with Gasteiger partial charge in [0.05, 0.1) is 6.54 Å². The van der Waals surface area contributed by atoms with Gasteiger partial charge in [-0.25, -0.2) is 4.39 Å². The highest BCUT2D eigenvalue weighted by atomic mass is 19.4. The minimum Gasteiger partial charge on any atom is -0.324 e. The third-order valence-electron chi connectivity index (χ3n) is 3.85. The van der Waals surface area contributed by atoms with E-state index in [1.165, 1.54) is 11.0 Å². The predicted molar refractivity (Wildman–Crippen MR) is 73.1 cm³/mol. The molecule has 2 N–H and O–H groups in total. The van der Waals surface area contributed by atoms with Crippen LogP contribution in [-0.2, 0) is 0 Å². The van der Waals surface area contributed by atoms with Gasteiger partial charge in [-0.1, -0.05) is 25.1 Å². The van der Waals surface area contributed by atoms with Crippen molar-refractivity contribution in [2.45, 2.75) is 38.0 Å². The van der Waals surface area contributed by atoms with E-state index in [0.29, 0.717) is 5.56 Å². The molecule has 1 aromatic carbocycles. The van der Waals surface area contributed by atoms with E-state index in [0.717, 1.165) is 12.8 Å². The van der Waals surface area contributed by atoms with Crippen molar-refractivity contribution in [3.8, 4) is 0 Å². The molecule has 0 spiro atoms. The van der Waals surface area contributed by atoms with E-state index < -0.39 is 24.6 Å². The van der Waals surface area contributed by atoms with Gasteiger partial charge in [0.1, 0.15) is 5.82 Å². The minimum atomic E-state index is -4.22. The molecule has 0 saturated heterocycles. The van der Waals surface area contributed by atoms with Crippen molar-refractivity contribution in [3.05, 3.63) is 35.6 Å². The fraction of sp³-hybridized carbons (Fsp3) is 0.600. The lowest BCUT2D eigenvalue weighted by molar-refractivity contribution is -0.148. The highest BCUT2D eigenvalue weighted by Gasteiger charge is 2.39. The van der Waals surface area contributed by atoms with E-state index in [1.54, 1.807) is 25.1 Å². The Morgan fingerprint density at radius 3 is 2.43 bits per heavy atom. The van der Waals surface area contributed by atoms with E-state index >= 15 is 0 Å². The van der Waals surface area contributed by atoms with Crippen LogP contribution in [0.25, 0.3) is 0 Å². The first-order valence-electron chi connectivity index (χ1n) is 7.08. The topological polar surface area (TPSA) is 29.3 Å². The minimum absolute atomic E-state index is 0.0121. The van der Waals surface area contributed by atoms with Gasteiger partial charge in [-0.05, 0) is 24.8 Å². The molecule has 0 bridgehead atoms. The van der Waals surface area contributed by atoms with Crippen LogP contribution in [0.2, 0.25) is 0 Å². The maximum absolute atomic E-state index is 13.7. The number of hydrogen-bond donors (Lipinski definition) is 1. The molecule has 2 rings (SSSR count). The van der Waals surface area contributed by atoms with Crippen LogP contribution in [0.3, 0.4) is 0 Å². The van der Waals surface area contributed by atoms with Gasteiger partial charge in [0.15, 0.2) is 0 Å². The molecule has 1 aliphatic carbocycles. The lowest BCUT2D eigenvalue weighted by Crippen LogP contribution is -2.40. The molecular weight excluding hydrogens is 284 g/mol. The van der Waals surface area contributed by atoms with Crippen LogP contribution >= 0.6 is 0 Å². The van der Waals surface area contributed by atoms with Crippen molar-refractivity contribution in [1.82, 2.24) is 4.90 Å². The van der Waals surface area contributed by atoms with Crippen molar-refractivity contribution in [2.24, 2.45) is 11.7 Å². The maximum atomic E-state index is 13.7. The Morgan fingerprint density at radius 1 is 1.29 bits per heavy atom. The maximum Gasteiger partial charge on any atom is 0.401 e. The molecule has 0 aromatic heterocycles. The van der Waals surface area contributed by atoms with Gasteiger partial charge in [-0.3, -0.25) is 4.90 Å². The zero-order valence-electron chi connectivity index (χ0n) is 11.9. The van der Waals surface area contributed by atoms with E-state index in [2.05, 4.69) is 0 Å². The molecule has 1 aliphatic rings. The lowest BCUT2D eigenvalue weighted by Gasteiger charge is -2.29. The summed E-state index contributed by atoms with van der Waals surface area (Å²) in [7, 11) is 0. The summed E-state index contributed by atoms with van der Waals surface area (Å²) >= 11 is 0. The van der Waals surface area contributed by atoms with Gasteiger partial charge in [0.2, 0.25) is 0 Å². The Kier molecular flexibility index (Phi) is 4.88. The van der Waals surface area contributed by atoms with Gasteiger partial charge < -0.3 is 5.73 Å². The number of benzene rings is 1. The van der Waals surface area contributed by atoms with Crippen LogP contribution < -0.4 is 5.73 Å². The summed E-state index contributed by atoms with van der Waals surface area (Å²) in [6.07, 6.45) is -2.64. The van der Waals surface area contributed by atoms with Crippen LogP contribution in [0.4, 0.5) is 17.6 Å². The second kappa shape index (κ2) is 6.32. The molecule has 21 heavy (non-hydrogen) atoms. The molecule has 0 radical (unpaired) electrons. The van der Waals surface area contributed by atoms with Gasteiger partial charge in [0.25, 0.3) is 0 Å². The smallest absolute Gasteiger partial charge is 0.324 e. The summed E-state index contributed by atoms with van der Waals surface area (Å²) in [6.45, 7) is 1.06. The molecule has 0 aliphatic heterocycles. The first kappa shape index (κ1) is 16.2. The molecule has 2 unspecified atom stereocenters. The zero-order valence-corrected chi connectivity index (χ0v) is 11.9. The van der Waals surface area contributed by atoms with Crippen molar-refractivity contribution in [2.75, 3.05) is 13.1 Å². The SMILES string of the molecule is CC(CN(CC(F)(F)F)C1CC1)C(N)c1ccccc1F. The predicted octanol–water partition coefficient (Wildman–Crippen LogP) is 3.49. The number of hydrogen-bond acceptors (Lipinski definition) is 2. The van der Waals surface area contributed by atoms with E-state index in [4.69, 9.17) is 5.73 Å². The Labute approximate surface area is 121 Å². The van der Waals surface area contributed by atoms with Gasteiger partial charge >= 0.3 is 6.18 Å². The lowest BCUT2D eigenvalue weighted by atomic mass is 9.94. The summed E-state index contributed by atoms with van der Waals surface area (Å²) in [6, 6.07) is 5.52. The third kappa shape index (κ3) is 4.68. The van der Waals surface area contributed by atoms with Crippen molar-refractivity contribution in [1.29, 1.82) is 0 Å². The summed E-state index contributed by atoms with van der Waals surface area (Å²) in [5.74, 6) is -0.671. The largest absolute Gasteiger partial charge is 0.401 e. The van der Waals surface area contributed by atoms with Crippen molar-refractivity contribution in [3.63, 3.8) is 0 Å². The third-order valence-corrected chi connectivity index (χ3v) is 3.85. The fourth-order valence-corrected chi connectivity index (χ4v) is 2.55. The van der Waals surface area contributed by atoms with Crippen molar-refractivity contribution < 1.29 is 17.6 Å². The molecule has 1 saturated carbocycles.